The number of hydrogen-bond acceptors (Lipinski definition) is 2. The third-order valence-corrected chi connectivity index (χ3v) is 4.30. The van der Waals surface area contributed by atoms with Crippen molar-refractivity contribution in [2.75, 3.05) is 6.61 Å². The third kappa shape index (κ3) is 3.16. The summed E-state index contributed by atoms with van der Waals surface area (Å²) in [6.45, 7) is 12.2. The Morgan fingerprint density at radius 1 is 0.958 bits per heavy atom. The highest BCUT2D eigenvalue weighted by molar-refractivity contribution is 5.76. The fourth-order valence-electron chi connectivity index (χ4n) is 3.14. The van der Waals surface area contributed by atoms with E-state index >= 15 is 0 Å². The molecule has 0 aliphatic carbocycles. The number of fused-ring (bicyclic) bond motifs is 1. The number of aromatic nitrogens is 2. The minimum absolute atomic E-state index is 0.00238. The second kappa shape index (κ2) is 6.31. The molecule has 1 heterocycles. The molecule has 0 bridgehead atoms. The van der Waals surface area contributed by atoms with Crippen molar-refractivity contribution < 1.29 is 4.74 Å². The van der Waals surface area contributed by atoms with Gasteiger partial charge < -0.3 is 9.30 Å². The van der Waals surface area contributed by atoms with Gasteiger partial charge >= 0.3 is 0 Å². The van der Waals surface area contributed by atoms with Crippen LogP contribution in [-0.2, 0) is 12.0 Å². The fourth-order valence-corrected chi connectivity index (χ4v) is 3.14. The molecule has 0 aliphatic heterocycles. The predicted molar refractivity (Wildman–Crippen MR) is 99.8 cm³/mol. The van der Waals surface area contributed by atoms with Crippen molar-refractivity contribution in [1.29, 1.82) is 0 Å². The van der Waals surface area contributed by atoms with Gasteiger partial charge in [0, 0.05) is 5.41 Å². The lowest BCUT2D eigenvalue weighted by Crippen LogP contribution is -2.21. The summed E-state index contributed by atoms with van der Waals surface area (Å²) in [7, 11) is 0. The molecule has 1 aromatic heterocycles. The Labute approximate surface area is 144 Å². The molecule has 0 unspecified atom stereocenters. The van der Waals surface area contributed by atoms with Crippen LogP contribution in [0.5, 0.6) is 5.75 Å². The summed E-state index contributed by atoms with van der Waals surface area (Å²) in [6, 6.07) is 14.6. The first-order chi connectivity index (χ1) is 11.4. The van der Waals surface area contributed by atoms with Crippen LogP contribution >= 0.6 is 0 Å². The van der Waals surface area contributed by atoms with Gasteiger partial charge in [-0.25, -0.2) is 4.98 Å². The first-order valence-electron chi connectivity index (χ1n) is 8.52. The topological polar surface area (TPSA) is 27.1 Å². The van der Waals surface area contributed by atoms with E-state index in [4.69, 9.17) is 9.72 Å². The zero-order valence-corrected chi connectivity index (χ0v) is 15.3. The van der Waals surface area contributed by atoms with Crippen LogP contribution in [0.15, 0.2) is 42.5 Å². The molecule has 126 valence electrons. The molecule has 0 saturated carbocycles. The highest BCUT2D eigenvalue weighted by Crippen LogP contribution is 2.27. The minimum atomic E-state index is -0.00238. The van der Waals surface area contributed by atoms with E-state index in [1.165, 1.54) is 16.6 Å². The Balaban J connectivity index is 1.87. The van der Waals surface area contributed by atoms with Gasteiger partial charge in [-0.1, -0.05) is 51.1 Å². The molecule has 2 aromatic carbocycles. The summed E-state index contributed by atoms with van der Waals surface area (Å²) in [5, 5.41) is 0. The second-order valence-corrected chi connectivity index (χ2v) is 7.40. The SMILES string of the molecule is Cc1cccc(C)c1OCCn1c(C(C)(C)C)nc2ccccc21. The summed E-state index contributed by atoms with van der Waals surface area (Å²) >= 11 is 0. The van der Waals surface area contributed by atoms with E-state index in [0.29, 0.717) is 6.61 Å². The summed E-state index contributed by atoms with van der Waals surface area (Å²) in [5.74, 6) is 2.10. The lowest BCUT2D eigenvalue weighted by atomic mass is 9.95. The number of imidazole rings is 1. The minimum Gasteiger partial charge on any atom is -0.491 e. The number of rotatable bonds is 4. The number of hydrogen-bond donors (Lipinski definition) is 0. The zero-order valence-electron chi connectivity index (χ0n) is 15.3. The van der Waals surface area contributed by atoms with Gasteiger partial charge in [0.2, 0.25) is 0 Å². The van der Waals surface area contributed by atoms with Gasteiger partial charge in [-0.2, -0.15) is 0 Å². The number of para-hydroxylation sites is 3. The van der Waals surface area contributed by atoms with Crippen LogP contribution in [0.1, 0.15) is 37.7 Å². The van der Waals surface area contributed by atoms with Crippen molar-refractivity contribution in [1.82, 2.24) is 9.55 Å². The molecule has 0 atom stereocenters. The van der Waals surface area contributed by atoms with Crippen molar-refractivity contribution >= 4 is 11.0 Å². The van der Waals surface area contributed by atoms with Crippen LogP contribution in [0.4, 0.5) is 0 Å². The predicted octanol–water partition coefficient (Wildman–Crippen LogP) is 5.03. The van der Waals surface area contributed by atoms with Crippen molar-refractivity contribution in [2.24, 2.45) is 0 Å². The third-order valence-electron chi connectivity index (χ3n) is 4.30. The highest BCUT2D eigenvalue weighted by atomic mass is 16.5. The maximum Gasteiger partial charge on any atom is 0.125 e. The summed E-state index contributed by atoms with van der Waals surface area (Å²) < 4.78 is 8.40. The quantitative estimate of drug-likeness (QED) is 0.673. The molecule has 0 N–H and O–H groups in total. The lowest BCUT2D eigenvalue weighted by Gasteiger charge is -2.20. The van der Waals surface area contributed by atoms with E-state index in [-0.39, 0.29) is 5.41 Å². The number of nitrogens with zero attached hydrogens (tertiary/aromatic N) is 2. The average Bonchev–Trinajstić information content (AvgIpc) is 2.89. The molecule has 0 saturated heterocycles. The molecule has 0 amide bonds. The van der Waals surface area contributed by atoms with Crippen LogP contribution in [0.2, 0.25) is 0 Å². The molecule has 3 rings (SSSR count). The van der Waals surface area contributed by atoms with Crippen LogP contribution in [0, 0.1) is 13.8 Å². The molecule has 0 fully saturated rings. The molecule has 3 aromatic rings. The van der Waals surface area contributed by atoms with E-state index in [2.05, 4.69) is 75.6 Å². The average molecular weight is 322 g/mol. The molecule has 0 spiro atoms. The number of ether oxygens (including phenoxy) is 1. The van der Waals surface area contributed by atoms with E-state index in [0.717, 1.165) is 23.6 Å². The Morgan fingerprint density at radius 3 is 2.29 bits per heavy atom. The van der Waals surface area contributed by atoms with Crippen molar-refractivity contribution in [3.05, 3.63) is 59.4 Å². The molecular weight excluding hydrogens is 296 g/mol. The van der Waals surface area contributed by atoms with Gasteiger partial charge in [0.1, 0.15) is 18.2 Å². The Morgan fingerprint density at radius 2 is 1.62 bits per heavy atom. The summed E-state index contributed by atoms with van der Waals surface area (Å²) in [4.78, 5) is 4.85. The van der Waals surface area contributed by atoms with Gasteiger partial charge in [-0.15, -0.1) is 0 Å². The van der Waals surface area contributed by atoms with Gasteiger partial charge in [0.05, 0.1) is 17.6 Å². The Kier molecular flexibility index (Phi) is 4.35. The van der Waals surface area contributed by atoms with Crippen LogP contribution in [0.25, 0.3) is 11.0 Å². The normalized spacial score (nSPS) is 11.9. The maximum atomic E-state index is 6.11. The molecule has 3 nitrogen and oxygen atoms in total. The number of aryl methyl sites for hydroxylation is 2. The summed E-state index contributed by atoms with van der Waals surface area (Å²) in [5.41, 5.74) is 4.59. The summed E-state index contributed by atoms with van der Waals surface area (Å²) in [6.07, 6.45) is 0. The molecule has 0 radical (unpaired) electrons. The van der Waals surface area contributed by atoms with Gasteiger partial charge in [0.15, 0.2) is 0 Å². The first-order valence-corrected chi connectivity index (χ1v) is 8.52. The van der Waals surface area contributed by atoms with E-state index < -0.39 is 0 Å². The fraction of sp³-hybridized carbons (Fsp3) is 0.381. The van der Waals surface area contributed by atoms with Crippen LogP contribution < -0.4 is 4.74 Å². The Bertz CT molecular complexity index is 836. The molecular formula is C21H26N2O. The van der Waals surface area contributed by atoms with E-state index in [1.807, 2.05) is 6.07 Å². The first kappa shape index (κ1) is 16.6. The van der Waals surface area contributed by atoms with Gasteiger partial charge in [-0.3, -0.25) is 0 Å². The molecule has 0 aliphatic rings. The van der Waals surface area contributed by atoms with Crippen LogP contribution in [0.3, 0.4) is 0 Å². The Hall–Kier alpha value is -2.29. The van der Waals surface area contributed by atoms with Gasteiger partial charge in [-0.05, 0) is 37.1 Å². The standard InChI is InChI=1S/C21H26N2O/c1-15-9-8-10-16(2)19(15)24-14-13-23-18-12-7-6-11-17(18)22-20(23)21(3,4)5/h6-12H,13-14H2,1-5H3. The maximum absolute atomic E-state index is 6.11. The van der Waals surface area contributed by atoms with Crippen LogP contribution in [-0.4, -0.2) is 16.2 Å². The lowest BCUT2D eigenvalue weighted by molar-refractivity contribution is 0.291. The molecule has 24 heavy (non-hydrogen) atoms. The monoisotopic (exact) mass is 322 g/mol. The van der Waals surface area contributed by atoms with Crippen molar-refractivity contribution in [3.8, 4) is 5.75 Å². The van der Waals surface area contributed by atoms with Crippen molar-refractivity contribution in [3.63, 3.8) is 0 Å². The van der Waals surface area contributed by atoms with Gasteiger partial charge in [0.25, 0.3) is 0 Å². The number of benzene rings is 2. The van der Waals surface area contributed by atoms with Crippen molar-refractivity contribution in [2.45, 2.75) is 46.6 Å². The molecule has 3 heteroatoms. The second-order valence-electron chi connectivity index (χ2n) is 7.40. The highest BCUT2D eigenvalue weighted by Gasteiger charge is 2.22. The zero-order chi connectivity index (χ0) is 17.3. The largest absolute Gasteiger partial charge is 0.491 e. The smallest absolute Gasteiger partial charge is 0.125 e. The van der Waals surface area contributed by atoms with E-state index in [9.17, 15) is 0 Å². The van der Waals surface area contributed by atoms with E-state index in [1.54, 1.807) is 0 Å².